The van der Waals surface area contributed by atoms with Crippen molar-refractivity contribution in [3.8, 4) is 0 Å². The van der Waals surface area contributed by atoms with Crippen molar-refractivity contribution in [2.24, 2.45) is 11.7 Å². The van der Waals surface area contributed by atoms with Gasteiger partial charge in [-0.25, -0.2) is 13.1 Å². The molecule has 0 spiro atoms. The molecule has 8 heteroatoms. The Morgan fingerprint density at radius 2 is 1.81 bits per heavy atom. The summed E-state index contributed by atoms with van der Waals surface area (Å²) in [5, 5.41) is 2.60. The van der Waals surface area contributed by atoms with E-state index in [4.69, 9.17) is 5.73 Å². The molecular weight excluding hydrogens is 314 g/mol. The quantitative estimate of drug-likeness (QED) is 0.567. The fraction of sp³-hybridized carbons (Fsp3) is 0.923. The van der Waals surface area contributed by atoms with Gasteiger partial charge in [-0.1, -0.05) is 6.92 Å². The number of sulfonamides is 1. The summed E-state index contributed by atoms with van der Waals surface area (Å²) in [7, 11) is -3.53. The van der Waals surface area contributed by atoms with Crippen LogP contribution in [0.5, 0.6) is 0 Å². The van der Waals surface area contributed by atoms with E-state index >= 15 is 0 Å². The summed E-state index contributed by atoms with van der Waals surface area (Å²) in [5.74, 6) is -0.262. The number of carbonyl (C=O) groups is 1. The number of nitrogens with two attached hydrogens (primary N) is 1. The number of nitrogens with one attached hydrogen (secondary N) is 2. The lowest BCUT2D eigenvalue weighted by Crippen LogP contribution is -2.42. The van der Waals surface area contributed by atoms with Gasteiger partial charge in [0.2, 0.25) is 15.9 Å². The molecule has 1 fully saturated rings. The normalized spacial score (nSPS) is 22.4. The van der Waals surface area contributed by atoms with E-state index in [1.165, 1.54) is 0 Å². The molecule has 0 atom stereocenters. The molecule has 0 aromatic rings. The van der Waals surface area contributed by atoms with E-state index < -0.39 is 21.7 Å². The highest BCUT2D eigenvalue weighted by molar-refractivity contribution is 7.90. The van der Waals surface area contributed by atoms with Crippen LogP contribution < -0.4 is 15.8 Å². The molecule has 0 bridgehead atoms. The fourth-order valence-electron chi connectivity index (χ4n) is 2.39. The molecule has 1 aliphatic rings. The third kappa shape index (κ3) is 9.29. The Kier molecular flexibility index (Phi) is 10.2. The Balaban J connectivity index is 0.00000400. The molecule has 0 saturated heterocycles. The number of hydrogen-bond acceptors (Lipinski definition) is 4. The van der Waals surface area contributed by atoms with Gasteiger partial charge in [-0.15, -0.1) is 12.4 Å². The lowest BCUT2D eigenvalue weighted by molar-refractivity contribution is -0.118. The Morgan fingerprint density at radius 3 is 2.38 bits per heavy atom. The second kappa shape index (κ2) is 10.4. The second-order valence-electron chi connectivity index (χ2n) is 5.68. The lowest BCUT2D eigenvalue weighted by Gasteiger charge is -2.26. The van der Waals surface area contributed by atoms with Gasteiger partial charge in [0, 0.05) is 12.6 Å². The minimum Gasteiger partial charge on any atom is -0.355 e. The molecule has 0 unspecified atom stereocenters. The first-order valence-electron chi connectivity index (χ1n) is 7.39. The molecule has 1 amide bonds. The number of amides is 1. The van der Waals surface area contributed by atoms with Crippen molar-refractivity contribution < 1.29 is 13.2 Å². The van der Waals surface area contributed by atoms with E-state index in [-0.39, 0.29) is 18.4 Å². The van der Waals surface area contributed by atoms with E-state index in [9.17, 15) is 13.2 Å². The van der Waals surface area contributed by atoms with Crippen LogP contribution in [0.2, 0.25) is 0 Å². The Hall–Kier alpha value is -0.370. The zero-order valence-electron chi connectivity index (χ0n) is 12.6. The maximum atomic E-state index is 11.9. The van der Waals surface area contributed by atoms with Gasteiger partial charge >= 0.3 is 0 Å². The van der Waals surface area contributed by atoms with Crippen LogP contribution >= 0.6 is 12.4 Å². The lowest BCUT2D eigenvalue weighted by atomic mass is 9.88. The number of carbonyl (C=O) groups excluding carboxylic acids is 1. The van der Waals surface area contributed by atoms with Crippen LogP contribution in [0, 0.1) is 5.92 Å². The maximum absolute atomic E-state index is 11.9. The Morgan fingerprint density at radius 1 is 1.19 bits per heavy atom. The average molecular weight is 342 g/mol. The van der Waals surface area contributed by atoms with Crippen LogP contribution in [0.4, 0.5) is 0 Å². The Bertz CT molecular complexity index is 395. The summed E-state index contributed by atoms with van der Waals surface area (Å²) in [4.78, 5) is 11.6. The SMILES string of the molecule is CC1CCC(NS(=O)(=O)CC(=O)NCCCCN)CC1.Cl. The van der Waals surface area contributed by atoms with Gasteiger partial charge in [0.05, 0.1) is 0 Å². The highest BCUT2D eigenvalue weighted by atomic mass is 35.5. The van der Waals surface area contributed by atoms with Crippen LogP contribution in [-0.2, 0) is 14.8 Å². The van der Waals surface area contributed by atoms with E-state index in [1.54, 1.807) is 0 Å². The van der Waals surface area contributed by atoms with Crippen molar-refractivity contribution in [3.05, 3.63) is 0 Å². The molecule has 0 aromatic heterocycles. The topological polar surface area (TPSA) is 101 Å². The minimum atomic E-state index is -3.53. The summed E-state index contributed by atoms with van der Waals surface area (Å²) in [6, 6.07) is -0.0127. The van der Waals surface area contributed by atoms with Crippen molar-refractivity contribution in [3.63, 3.8) is 0 Å². The Labute approximate surface area is 134 Å². The first kappa shape index (κ1) is 20.6. The number of rotatable bonds is 8. The molecule has 21 heavy (non-hydrogen) atoms. The van der Waals surface area contributed by atoms with Gasteiger partial charge < -0.3 is 11.1 Å². The smallest absolute Gasteiger partial charge is 0.236 e. The van der Waals surface area contributed by atoms with Crippen molar-refractivity contribution in [1.82, 2.24) is 10.0 Å². The van der Waals surface area contributed by atoms with Gasteiger partial charge in [-0.3, -0.25) is 4.79 Å². The van der Waals surface area contributed by atoms with Gasteiger partial charge in [0.15, 0.2) is 0 Å². The standard InChI is InChI=1S/C13H27N3O3S.ClH/c1-11-4-6-12(7-5-11)16-20(18,19)10-13(17)15-9-3-2-8-14;/h11-12,16H,2-10,14H2,1H3,(H,15,17);1H. The van der Waals surface area contributed by atoms with Gasteiger partial charge in [-0.05, 0) is 51.0 Å². The molecule has 1 aliphatic carbocycles. The summed E-state index contributed by atoms with van der Waals surface area (Å²) in [6.07, 6.45) is 5.40. The van der Waals surface area contributed by atoms with Gasteiger partial charge in [0.1, 0.15) is 5.75 Å². The van der Waals surface area contributed by atoms with E-state index in [0.29, 0.717) is 19.0 Å². The fourth-order valence-corrected chi connectivity index (χ4v) is 3.67. The second-order valence-corrected chi connectivity index (χ2v) is 7.43. The molecule has 0 heterocycles. The van der Waals surface area contributed by atoms with Crippen molar-refractivity contribution >= 4 is 28.3 Å². The van der Waals surface area contributed by atoms with Crippen LogP contribution in [0.1, 0.15) is 45.4 Å². The van der Waals surface area contributed by atoms with Gasteiger partial charge in [-0.2, -0.15) is 0 Å². The van der Waals surface area contributed by atoms with Crippen LogP contribution in [0.15, 0.2) is 0 Å². The zero-order valence-corrected chi connectivity index (χ0v) is 14.3. The van der Waals surface area contributed by atoms with E-state index in [2.05, 4.69) is 17.0 Å². The minimum absolute atomic E-state index is 0. The highest BCUT2D eigenvalue weighted by Gasteiger charge is 2.24. The maximum Gasteiger partial charge on any atom is 0.236 e. The van der Waals surface area contributed by atoms with Crippen LogP contribution in [-0.4, -0.2) is 39.2 Å². The van der Waals surface area contributed by atoms with E-state index in [1.807, 2.05) is 0 Å². The largest absolute Gasteiger partial charge is 0.355 e. The summed E-state index contributed by atoms with van der Waals surface area (Å²) >= 11 is 0. The number of hydrogen-bond donors (Lipinski definition) is 3. The molecule has 0 aliphatic heterocycles. The summed E-state index contributed by atoms with van der Waals surface area (Å²) < 4.78 is 26.4. The summed E-state index contributed by atoms with van der Waals surface area (Å²) in [5.41, 5.74) is 5.34. The van der Waals surface area contributed by atoms with Crippen LogP contribution in [0.25, 0.3) is 0 Å². The molecule has 0 aromatic carbocycles. The monoisotopic (exact) mass is 341 g/mol. The number of unbranched alkanes of at least 4 members (excludes halogenated alkanes) is 1. The van der Waals surface area contributed by atoms with Crippen LogP contribution in [0.3, 0.4) is 0 Å². The molecule has 0 radical (unpaired) electrons. The zero-order chi connectivity index (χ0) is 15.0. The molecule has 126 valence electrons. The molecule has 1 saturated carbocycles. The molecule has 1 rings (SSSR count). The van der Waals surface area contributed by atoms with Crippen molar-refractivity contribution in [1.29, 1.82) is 0 Å². The van der Waals surface area contributed by atoms with Crippen molar-refractivity contribution in [2.45, 2.75) is 51.5 Å². The predicted octanol–water partition coefficient (Wildman–Crippen LogP) is 0.761. The average Bonchev–Trinajstić information content (AvgIpc) is 2.36. The van der Waals surface area contributed by atoms with Crippen molar-refractivity contribution in [2.75, 3.05) is 18.8 Å². The first-order valence-corrected chi connectivity index (χ1v) is 9.05. The molecule has 6 nitrogen and oxygen atoms in total. The molecule has 4 N–H and O–H groups in total. The predicted molar refractivity (Wildman–Crippen MR) is 86.9 cm³/mol. The third-order valence-electron chi connectivity index (χ3n) is 3.64. The van der Waals surface area contributed by atoms with Gasteiger partial charge in [0.25, 0.3) is 0 Å². The summed E-state index contributed by atoms with van der Waals surface area (Å²) in [6.45, 7) is 3.24. The molecular formula is C13H28ClN3O3S. The first-order chi connectivity index (χ1) is 9.43. The number of halogens is 1. The van der Waals surface area contributed by atoms with E-state index in [0.717, 1.165) is 38.5 Å². The highest BCUT2D eigenvalue weighted by Crippen LogP contribution is 2.23. The third-order valence-corrected chi connectivity index (χ3v) is 4.97.